The summed E-state index contributed by atoms with van der Waals surface area (Å²) in [5, 5.41) is -0.870. The number of carbonyl (C=O) groups is 1. The van der Waals surface area contributed by atoms with Crippen molar-refractivity contribution in [2.75, 3.05) is 14.1 Å². The van der Waals surface area contributed by atoms with Gasteiger partial charge in [0.2, 0.25) is 0 Å². The zero-order valence-electron chi connectivity index (χ0n) is 17.2. The predicted octanol–water partition coefficient (Wildman–Crippen LogP) is 8.05. The first-order valence-corrected chi connectivity index (χ1v) is 10.2. The molecule has 1 atom stereocenters. The first kappa shape index (κ1) is 27.9. The molecule has 0 aliphatic carbocycles. The Balaban J connectivity index is 2.60. The van der Waals surface area contributed by atoms with Gasteiger partial charge in [0, 0.05) is 19.7 Å². The summed E-state index contributed by atoms with van der Waals surface area (Å²) < 4.78 is 96.3. The van der Waals surface area contributed by atoms with E-state index in [1.54, 1.807) is 0 Å². The fraction of sp³-hybridized carbons (Fsp3) is 0.238. The molecule has 0 N–H and O–H groups in total. The molecular weight excluding hydrogens is 536 g/mol. The third-order valence-corrected chi connectivity index (χ3v) is 5.46. The van der Waals surface area contributed by atoms with E-state index in [4.69, 9.17) is 34.8 Å². The number of allylic oxidation sites excluding steroid dienone is 1. The summed E-state index contributed by atoms with van der Waals surface area (Å²) in [5.74, 6) is -5.50. The molecule has 3 nitrogen and oxygen atoms in total. The van der Waals surface area contributed by atoms with Crippen LogP contribution in [0.4, 0.5) is 30.7 Å². The first-order valence-electron chi connectivity index (χ1n) is 9.07. The quantitative estimate of drug-likeness (QED) is 0.164. The summed E-state index contributed by atoms with van der Waals surface area (Å²) in [4.78, 5) is 16.7. The van der Waals surface area contributed by atoms with Gasteiger partial charge in [0.25, 0.3) is 5.91 Å². The third-order valence-electron chi connectivity index (χ3n) is 4.27. The van der Waals surface area contributed by atoms with E-state index in [0.717, 1.165) is 24.5 Å². The molecule has 184 valence electrons. The number of alkyl halides is 6. The van der Waals surface area contributed by atoms with E-state index in [9.17, 15) is 35.5 Å². The van der Waals surface area contributed by atoms with Gasteiger partial charge in [-0.05, 0) is 35.9 Å². The van der Waals surface area contributed by atoms with Crippen LogP contribution in [-0.2, 0) is 6.18 Å². The molecule has 0 bridgehead atoms. The fourth-order valence-electron chi connectivity index (χ4n) is 2.73. The minimum absolute atomic E-state index is 0.0804. The van der Waals surface area contributed by atoms with Crippen LogP contribution in [0, 0.1) is 0 Å². The van der Waals surface area contributed by atoms with Crippen LogP contribution in [0.3, 0.4) is 0 Å². The fourth-order valence-corrected chi connectivity index (χ4v) is 3.34. The zero-order chi connectivity index (χ0) is 26.0. The lowest BCUT2D eigenvalue weighted by Crippen LogP contribution is -2.19. The zero-order valence-corrected chi connectivity index (χ0v) is 19.5. The maximum Gasteiger partial charge on any atom is 0.417 e. The Morgan fingerprint density at radius 1 is 1.00 bits per heavy atom. The van der Waals surface area contributed by atoms with E-state index < -0.39 is 52.3 Å². The van der Waals surface area contributed by atoms with Crippen LogP contribution < -0.4 is 0 Å². The Hall–Kier alpha value is -2.30. The van der Waals surface area contributed by atoms with Crippen molar-refractivity contribution in [2.45, 2.75) is 18.3 Å². The monoisotopic (exact) mass is 548 g/mol. The first-order chi connectivity index (χ1) is 15.5. The standard InChI is InChI=1S/C21H14Cl3F7N2O/c1-33(2)9-32-19(34)12-4-3-10(5-14(12)21(29,30)31)17(25)8-13(20(26,27)28)11-6-15(22)18(24)16(23)7-11/h3-9,13H,1-2H3/b17-8-,32-9?. The molecule has 0 aliphatic rings. The molecular formula is C21H14Cl3F7N2O. The van der Waals surface area contributed by atoms with Gasteiger partial charge in [-0.2, -0.15) is 31.3 Å². The lowest BCUT2D eigenvalue weighted by molar-refractivity contribution is -0.140. The van der Waals surface area contributed by atoms with Crippen LogP contribution in [0.2, 0.25) is 15.1 Å². The lowest BCUT2D eigenvalue weighted by atomic mass is 9.95. The Morgan fingerprint density at radius 2 is 1.56 bits per heavy atom. The number of nitrogens with zero attached hydrogens (tertiary/aromatic N) is 2. The number of hydrogen-bond donors (Lipinski definition) is 0. The molecule has 1 amide bonds. The van der Waals surface area contributed by atoms with Crippen LogP contribution in [0.15, 0.2) is 41.4 Å². The second-order valence-electron chi connectivity index (χ2n) is 7.10. The average molecular weight is 550 g/mol. The van der Waals surface area contributed by atoms with Crippen molar-refractivity contribution in [2.24, 2.45) is 4.99 Å². The van der Waals surface area contributed by atoms with E-state index in [0.29, 0.717) is 6.07 Å². The van der Waals surface area contributed by atoms with Crippen molar-refractivity contribution < 1.29 is 35.5 Å². The molecule has 0 fully saturated rings. The molecule has 0 aromatic heterocycles. The molecule has 13 heteroatoms. The largest absolute Gasteiger partial charge is 0.417 e. The van der Waals surface area contributed by atoms with Crippen molar-refractivity contribution in [3.05, 3.63) is 73.7 Å². The molecule has 0 radical (unpaired) electrons. The van der Waals surface area contributed by atoms with E-state index >= 15 is 0 Å². The summed E-state index contributed by atoms with van der Waals surface area (Å²) >= 11 is 17.3. The molecule has 0 spiro atoms. The Bertz CT molecular complexity index is 1120. The number of rotatable bonds is 5. The maximum absolute atomic E-state index is 14.8. The third kappa shape index (κ3) is 6.86. The minimum atomic E-state index is -5.12. The highest BCUT2D eigenvalue weighted by Gasteiger charge is 2.41. The predicted molar refractivity (Wildman–Crippen MR) is 117 cm³/mol. The number of benzene rings is 2. The van der Waals surface area contributed by atoms with Crippen molar-refractivity contribution in [1.82, 2.24) is 4.90 Å². The van der Waals surface area contributed by atoms with Gasteiger partial charge in [-0.1, -0.05) is 40.9 Å². The van der Waals surface area contributed by atoms with Crippen LogP contribution in [0.25, 0.3) is 5.83 Å². The van der Waals surface area contributed by atoms with Gasteiger partial charge in [0.05, 0.1) is 32.5 Å². The van der Waals surface area contributed by atoms with Gasteiger partial charge in [-0.15, -0.1) is 0 Å². The molecule has 2 aromatic carbocycles. The highest BCUT2D eigenvalue weighted by atomic mass is 35.5. The normalized spacial score (nSPS) is 13.9. The average Bonchev–Trinajstić information content (AvgIpc) is 2.71. The summed E-state index contributed by atoms with van der Waals surface area (Å²) in [5.41, 5.74) is -3.87. The maximum atomic E-state index is 14.8. The summed E-state index contributed by atoms with van der Waals surface area (Å²) in [7, 11) is 2.95. The molecule has 34 heavy (non-hydrogen) atoms. The Kier molecular flexibility index (Phi) is 8.66. The summed E-state index contributed by atoms with van der Waals surface area (Å²) in [6, 6.07) is 3.26. The van der Waals surface area contributed by atoms with E-state index in [1.807, 2.05) is 0 Å². The SMILES string of the molecule is CN(C)C=NC(=O)c1ccc(/C(F)=C/C(c2cc(Cl)c(Cl)c(Cl)c2)C(F)(F)F)cc1C(F)(F)F. The smallest absolute Gasteiger partial charge is 0.369 e. The van der Waals surface area contributed by atoms with Crippen molar-refractivity contribution in [3.63, 3.8) is 0 Å². The number of amides is 1. The van der Waals surface area contributed by atoms with Crippen molar-refractivity contribution >= 4 is 52.9 Å². The Labute approximate surface area is 204 Å². The molecule has 0 saturated carbocycles. The second kappa shape index (κ2) is 10.5. The number of hydrogen-bond acceptors (Lipinski definition) is 1. The highest BCUT2D eigenvalue weighted by Crippen LogP contribution is 2.42. The lowest BCUT2D eigenvalue weighted by Gasteiger charge is -2.19. The molecule has 1 unspecified atom stereocenters. The minimum Gasteiger partial charge on any atom is -0.369 e. The van der Waals surface area contributed by atoms with Gasteiger partial charge in [-0.25, -0.2) is 4.39 Å². The summed E-state index contributed by atoms with van der Waals surface area (Å²) in [6.07, 6.45) is -9.12. The van der Waals surface area contributed by atoms with Crippen molar-refractivity contribution in [3.8, 4) is 0 Å². The van der Waals surface area contributed by atoms with E-state index in [1.165, 1.54) is 19.0 Å². The number of aliphatic imine (C=N–C) groups is 1. The molecule has 0 saturated heterocycles. The van der Waals surface area contributed by atoms with Gasteiger partial charge < -0.3 is 4.90 Å². The second-order valence-corrected chi connectivity index (χ2v) is 8.30. The molecule has 0 aliphatic heterocycles. The van der Waals surface area contributed by atoms with Gasteiger partial charge in [-0.3, -0.25) is 4.79 Å². The van der Waals surface area contributed by atoms with Crippen molar-refractivity contribution in [1.29, 1.82) is 0 Å². The summed E-state index contributed by atoms with van der Waals surface area (Å²) in [6.45, 7) is 0. The number of halogens is 10. The molecule has 2 aromatic rings. The topological polar surface area (TPSA) is 32.7 Å². The van der Waals surface area contributed by atoms with Gasteiger partial charge in [0.15, 0.2) is 0 Å². The number of carbonyl (C=O) groups excluding carboxylic acids is 1. The van der Waals surface area contributed by atoms with E-state index in [-0.39, 0.29) is 27.2 Å². The molecule has 2 rings (SSSR count). The van der Waals surface area contributed by atoms with Gasteiger partial charge in [0.1, 0.15) is 11.7 Å². The Morgan fingerprint density at radius 3 is 2.03 bits per heavy atom. The highest BCUT2D eigenvalue weighted by molar-refractivity contribution is 6.48. The van der Waals surface area contributed by atoms with Crippen LogP contribution in [0.1, 0.15) is 33.0 Å². The van der Waals surface area contributed by atoms with Gasteiger partial charge >= 0.3 is 12.4 Å². The van der Waals surface area contributed by atoms with Crippen LogP contribution >= 0.6 is 34.8 Å². The van der Waals surface area contributed by atoms with Crippen LogP contribution in [0.5, 0.6) is 0 Å². The van der Waals surface area contributed by atoms with E-state index in [2.05, 4.69) is 4.99 Å². The van der Waals surface area contributed by atoms with Crippen LogP contribution in [-0.4, -0.2) is 37.4 Å². The molecule has 0 heterocycles.